The van der Waals surface area contributed by atoms with E-state index < -0.39 is 0 Å². The molecular formula is C13H16BrN3. The van der Waals surface area contributed by atoms with Crippen molar-refractivity contribution in [2.24, 2.45) is 11.7 Å². The predicted octanol–water partition coefficient (Wildman–Crippen LogP) is 2.49. The monoisotopic (exact) mass is 293 g/mol. The van der Waals surface area contributed by atoms with Gasteiger partial charge in [0.05, 0.1) is 11.3 Å². The molecule has 4 heteroatoms. The fourth-order valence-corrected chi connectivity index (χ4v) is 2.67. The molecule has 2 atom stereocenters. The first-order valence-corrected chi connectivity index (χ1v) is 6.61. The molecule has 2 unspecified atom stereocenters. The molecular weight excluding hydrogens is 278 g/mol. The van der Waals surface area contributed by atoms with Gasteiger partial charge in [-0.15, -0.1) is 0 Å². The summed E-state index contributed by atoms with van der Waals surface area (Å²) >= 11 is 3.39. The van der Waals surface area contributed by atoms with Crippen molar-refractivity contribution in [2.45, 2.75) is 19.4 Å². The van der Waals surface area contributed by atoms with Crippen LogP contribution in [-0.2, 0) is 0 Å². The number of hydrogen-bond donors (Lipinski definition) is 1. The molecule has 1 saturated heterocycles. The molecule has 1 fully saturated rings. The van der Waals surface area contributed by atoms with Crippen molar-refractivity contribution < 1.29 is 0 Å². The van der Waals surface area contributed by atoms with Crippen molar-refractivity contribution in [2.75, 3.05) is 18.0 Å². The number of nitrogens with two attached hydrogens (primary N) is 1. The van der Waals surface area contributed by atoms with Crippen LogP contribution in [-0.4, -0.2) is 19.1 Å². The van der Waals surface area contributed by atoms with Gasteiger partial charge in [-0.3, -0.25) is 0 Å². The van der Waals surface area contributed by atoms with Crippen molar-refractivity contribution in [3.63, 3.8) is 0 Å². The van der Waals surface area contributed by atoms with Gasteiger partial charge >= 0.3 is 0 Å². The maximum atomic E-state index is 9.16. The van der Waals surface area contributed by atoms with Gasteiger partial charge < -0.3 is 10.6 Å². The Hall–Kier alpha value is -1.05. The topological polar surface area (TPSA) is 53.0 Å². The van der Waals surface area contributed by atoms with Crippen LogP contribution in [0.2, 0.25) is 0 Å². The second kappa shape index (κ2) is 5.07. The van der Waals surface area contributed by atoms with Gasteiger partial charge in [-0.25, -0.2) is 0 Å². The Kier molecular flexibility index (Phi) is 3.70. The average Bonchev–Trinajstić information content (AvgIpc) is 2.78. The van der Waals surface area contributed by atoms with E-state index >= 15 is 0 Å². The molecule has 1 aromatic rings. The maximum Gasteiger partial charge on any atom is 0.101 e. The van der Waals surface area contributed by atoms with Crippen molar-refractivity contribution in [3.05, 3.63) is 28.2 Å². The molecule has 90 valence electrons. The number of hydrogen-bond acceptors (Lipinski definition) is 3. The standard InChI is InChI=1S/C13H16BrN3/c1-9(16)10-4-5-17(8-10)13-3-2-12(14)6-11(13)7-15/h2-3,6,9-10H,4-5,8,16H2,1H3. The van der Waals surface area contributed by atoms with Gasteiger partial charge in [-0.1, -0.05) is 15.9 Å². The van der Waals surface area contributed by atoms with E-state index in [0.717, 1.165) is 35.2 Å². The zero-order chi connectivity index (χ0) is 12.4. The van der Waals surface area contributed by atoms with Crippen molar-refractivity contribution in [3.8, 4) is 6.07 Å². The van der Waals surface area contributed by atoms with E-state index in [0.29, 0.717) is 5.92 Å². The molecule has 0 spiro atoms. The van der Waals surface area contributed by atoms with Gasteiger partial charge in [-0.05, 0) is 37.5 Å². The van der Waals surface area contributed by atoms with Crippen LogP contribution in [0.25, 0.3) is 0 Å². The number of nitrogens with zero attached hydrogens (tertiary/aromatic N) is 2. The molecule has 0 saturated carbocycles. The summed E-state index contributed by atoms with van der Waals surface area (Å²) in [5.41, 5.74) is 7.69. The summed E-state index contributed by atoms with van der Waals surface area (Å²) in [6.45, 7) is 4.00. The van der Waals surface area contributed by atoms with Crippen LogP contribution in [0.15, 0.2) is 22.7 Å². The molecule has 0 bridgehead atoms. The minimum atomic E-state index is 0.223. The third-order valence-corrected chi connectivity index (χ3v) is 3.88. The third kappa shape index (κ3) is 2.62. The van der Waals surface area contributed by atoms with Crippen LogP contribution < -0.4 is 10.6 Å². The number of nitriles is 1. The van der Waals surface area contributed by atoms with E-state index in [9.17, 15) is 0 Å². The van der Waals surface area contributed by atoms with Crippen LogP contribution in [0.3, 0.4) is 0 Å². The molecule has 0 aliphatic carbocycles. The van der Waals surface area contributed by atoms with Crippen molar-refractivity contribution >= 4 is 21.6 Å². The van der Waals surface area contributed by atoms with Crippen LogP contribution >= 0.6 is 15.9 Å². The second-order valence-electron chi connectivity index (χ2n) is 4.63. The highest BCUT2D eigenvalue weighted by atomic mass is 79.9. The maximum absolute atomic E-state index is 9.16. The second-order valence-corrected chi connectivity index (χ2v) is 5.54. The smallest absolute Gasteiger partial charge is 0.101 e. The molecule has 1 aliphatic rings. The number of anilines is 1. The Morgan fingerprint density at radius 1 is 1.59 bits per heavy atom. The van der Waals surface area contributed by atoms with Gasteiger partial charge in [0, 0.05) is 23.6 Å². The quantitative estimate of drug-likeness (QED) is 0.911. The third-order valence-electron chi connectivity index (χ3n) is 3.39. The minimum Gasteiger partial charge on any atom is -0.370 e. The fourth-order valence-electron chi connectivity index (χ4n) is 2.31. The Balaban J connectivity index is 2.22. The first kappa shape index (κ1) is 12.4. The van der Waals surface area contributed by atoms with Gasteiger partial charge in [0.25, 0.3) is 0 Å². The minimum absolute atomic E-state index is 0.223. The summed E-state index contributed by atoms with van der Waals surface area (Å²) in [7, 11) is 0. The lowest BCUT2D eigenvalue weighted by Crippen LogP contribution is -2.29. The van der Waals surface area contributed by atoms with Crippen LogP contribution in [0.4, 0.5) is 5.69 Å². The molecule has 1 aromatic carbocycles. The van der Waals surface area contributed by atoms with Gasteiger partial charge in [0.2, 0.25) is 0 Å². The molecule has 0 aromatic heterocycles. The summed E-state index contributed by atoms with van der Waals surface area (Å²) in [6, 6.07) is 8.33. The summed E-state index contributed by atoms with van der Waals surface area (Å²) in [5, 5.41) is 9.16. The largest absolute Gasteiger partial charge is 0.370 e. The Morgan fingerprint density at radius 3 is 2.94 bits per heavy atom. The van der Waals surface area contributed by atoms with Crippen molar-refractivity contribution in [1.29, 1.82) is 5.26 Å². The lowest BCUT2D eigenvalue weighted by atomic mass is 10.0. The zero-order valence-corrected chi connectivity index (χ0v) is 11.4. The van der Waals surface area contributed by atoms with E-state index in [1.807, 2.05) is 18.2 Å². The summed E-state index contributed by atoms with van der Waals surface area (Å²) in [4.78, 5) is 2.26. The highest BCUT2D eigenvalue weighted by Gasteiger charge is 2.26. The van der Waals surface area contributed by atoms with E-state index in [2.05, 4.69) is 33.8 Å². The molecule has 0 amide bonds. The van der Waals surface area contributed by atoms with Crippen LogP contribution in [0.5, 0.6) is 0 Å². The van der Waals surface area contributed by atoms with E-state index in [1.165, 1.54) is 0 Å². The molecule has 1 heterocycles. The lowest BCUT2D eigenvalue weighted by molar-refractivity contribution is 0.488. The Morgan fingerprint density at radius 2 is 2.35 bits per heavy atom. The molecule has 17 heavy (non-hydrogen) atoms. The first-order chi connectivity index (χ1) is 8.11. The van der Waals surface area contributed by atoms with E-state index in [4.69, 9.17) is 11.0 Å². The Labute approximate surface area is 110 Å². The lowest BCUT2D eigenvalue weighted by Gasteiger charge is -2.21. The average molecular weight is 294 g/mol. The summed E-state index contributed by atoms with van der Waals surface area (Å²) < 4.78 is 0.945. The summed E-state index contributed by atoms with van der Waals surface area (Å²) in [6.07, 6.45) is 1.11. The van der Waals surface area contributed by atoms with E-state index in [-0.39, 0.29) is 6.04 Å². The molecule has 0 radical (unpaired) electrons. The normalized spacial score (nSPS) is 21.3. The fraction of sp³-hybridized carbons (Fsp3) is 0.462. The first-order valence-electron chi connectivity index (χ1n) is 5.82. The molecule has 2 N–H and O–H groups in total. The number of rotatable bonds is 2. The van der Waals surface area contributed by atoms with Gasteiger partial charge in [0.1, 0.15) is 6.07 Å². The molecule has 1 aliphatic heterocycles. The molecule has 2 rings (SSSR count). The number of benzene rings is 1. The van der Waals surface area contributed by atoms with Gasteiger partial charge in [-0.2, -0.15) is 5.26 Å². The molecule has 3 nitrogen and oxygen atoms in total. The highest BCUT2D eigenvalue weighted by Crippen LogP contribution is 2.29. The van der Waals surface area contributed by atoms with Crippen molar-refractivity contribution in [1.82, 2.24) is 0 Å². The zero-order valence-electron chi connectivity index (χ0n) is 9.86. The Bertz CT molecular complexity index is 450. The SMILES string of the molecule is CC(N)C1CCN(c2ccc(Br)cc2C#N)C1. The van der Waals surface area contributed by atoms with Crippen LogP contribution in [0, 0.1) is 17.2 Å². The summed E-state index contributed by atoms with van der Waals surface area (Å²) in [5.74, 6) is 0.533. The van der Waals surface area contributed by atoms with Crippen LogP contribution in [0.1, 0.15) is 18.9 Å². The van der Waals surface area contributed by atoms with E-state index in [1.54, 1.807) is 0 Å². The van der Waals surface area contributed by atoms with Gasteiger partial charge in [0.15, 0.2) is 0 Å². The predicted molar refractivity (Wildman–Crippen MR) is 72.8 cm³/mol. The number of halogens is 1. The highest BCUT2D eigenvalue weighted by molar-refractivity contribution is 9.10.